The molecule has 0 aromatic heterocycles. The van der Waals surface area contributed by atoms with E-state index in [0.29, 0.717) is 0 Å². The fourth-order valence-corrected chi connectivity index (χ4v) is 2.01. The zero-order valence-electron chi connectivity index (χ0n) is 10.1. The lowest BCUT2D eigenvalue weighted by molar-refractivity contribution is 0.0573. The van der Waals surface area contributed by atoms with Crippen LogP contribution in [0.25, 0.3) is 0 Å². The van der Waals surface area contributed by atoms with E-state index < -0.39 is 5.97 Å². The molecule has 2 rings (SSSR count). The third-order valence-electron chi connectivity index (χ3n) is 3.19. The number of hydrogen-bond acceptors (Lipinski definition) is 3. The molecule has 1 heterocycles. The van der Waals surface area contributed by atoms with E-state index >= 15 is 0 Å². The number of nitrogens with zero attached hydrogens (tertiary/aromatic N) is 2. The van der Waals surface area contributed by atoms with Gasteiger partial charge in [-0.15, -0.1) is 0 Å². The van der Waals surface area contributed by atoms with Gasteiger partial charge in [0.2, 0.25) is 0 Å². The number of carbonyl (C=O) groups excluding carboxylic acids is 1. The van der Waals surface area contributed by atoms with Crippen molar-refractivity contribution in [2.24, 2.45) is 0 Å². The van der Waals surface area contributed by atoms with Gasteiger partial charge in [-0.3, -0.25) is 4.90 Å². The second-order valence-electron chi connectivity index (χ2n) is 4.56. The molecule has 0 atom stereocenters. The Morgan fingerprint density at radius 1 is 1.12 bits per heavy atom. The Morgan fingerprint density at radius 3 is 2.24 bits per heavy atom. The van der Waals surface area contributed by atoms with E-state index in [1.807, 2.05) is 12.1 Å². The van der Waals surface area contributed by atoms with E-state index in [2.05, 4.69) is 16.8 Å². The maximum Gasteiger partial charge on any atom is 0.386 e. The molecule has 4 heteroatoms. The lowest BCUT2D eigenvalue weighted by Gasteiger charge is -2.32. The van der Waals surface area contributed by atoms with E-state index in [-0.39, 0.29) is 5.56 Å². The van der Waals surface area contributed by atoms with Gasteiger partial charge < -0.3 is 4.90 Å². The number of likely N-dealkylation sites (N-methyl/N-ethyl adjacent to an activating group) is 1. The molecule has 4 nitrogen and oxygen atoms in total. The topological polar surface area (TPSA) is 43.5 Å². The number of hydrogen-bond donors (Lipinski definition) is 0. The number of piperazine rings is 1. The van der Waals surface area contributed by atoms with Crippen LogP contribution in [0.2, 0.25) is 0 Å². The Hall–Kier alpha value is -1.39. The summed E-state index contributed by atoms with van der Waals surface area (Å²) in [5.74, 6) is -1.11. The van der Waals surface area contributed by atoms with Gasteiger partial charge in [0.15, 0.2) is 0 Å². The van der Waals surface area contributed by atoms with Gasteiger partial charge in [-0.2, -0.15) is 0 Å². The molecule has 1 fully saturated rings. The fraction of sp³-hybridized carbons (Fsp3) is 0.462. The van der Waals surface area contributed by atoms with Gasteiger partial charge in [0.05, 0.1) is 5.56 Å². The van der Waals surface area contributed by atoms with Crippen molar-refractivity contribution < 1.29 is 9.90 Å². The molecule has 1 radical (unpaired) electrons. The minimum Gasteiger partial charge on any atom is -0.304 e. The maximum absolute atomic E-state index is 10.6. The summed E-state index contributed by atoms with van der Waals surface area (Å²) in [5, 5.41) is 10.6. The highest BCUT2D eigenvalue weighted by molar-refractivity contribution is 5.87. The van der Waals surface area contributed by atoms with Crippen molar-refractivity contribution in [2.75, 3.05) is 33.2 Å². The van der Waals surface area contributed by atoms with Crippen LogP contribution in [0.5, 0.6) is 0 Å². The molecule has 1 aromatic carbocycles. The average molecular weight is 233 g/mol. The molecule has 0 unspecified atom stereocenters. The number of benzene rings is 1. The third kappa shape index (κ3) is 3.28. The van der Waals surface area contributed by atoms with E-state index in [4.69, 9.17) is 0 Å². The van der Waals surface area contributed by atoms with Gasteiger partial charge in [0.25, 0.3) is 0 Å². The standard InChI is InChI=1S/C13H17N2O2/c1-14-6-8-15(9-7-14)10-11-2-4-12(5-3-11)13(16)17/h2-5H,6-10H2,1H3. The first-order valence-electron chi connectivity index (χ1n) is 5.86. The number of rotatable bonds is 3. The molecule has 0 saturated carbocycles. The average Bonchev–Trinajstić information content (AvgIpc) is 2.33. The Balaban J connectivity index is 1.92. The van der Waals surface area contributed by atoms with Crippen LogP contribution in [-0.2, 0) is 11.7 Å². The van der Waals surface area contributed by atoms with Gasteiger partial charge in [0, 0.05) is 32.7 Å². The molecule has 1 saturated heterocycles. The molecule has 91 valence electrons. The van der Waals surface area contributed by atoms with Crippen molar-refractivity contribution in [1.29, 1.82) is 0 Å². The minimum atomic E-state index is -1.11. The monoisotopic (exact) mass is 233 g/mol. The van der Waals surface area contributed by atoms with Crippen LogP contribution >= 0.6 is 0 Å². The lowest BCUT2D eigenvalue weighted by atomic mass is 10.1. The summed E-state index contributed by atoms with van der Waals surface area (Å²) in [7, 11) is 2.13. The summed E-state index contributed by atoms with van der Waals surface area (Å²) in [6.45, 7) is 5.22. The molecule has 1 aliphatic rings. The lowest BCUT2D eigenvalue weighted by Crippen LogP contribution is -2.43. The largest absolute Gasteiger partial charge is 0.386 e. The first kappa shape index (κ1) is 12.1. The second-order valence-corrected chi connectivity index (χ2v) is 4.56. The summed E-state index contributed by atoms with van der Waals surface area (Å²) < 4.78 is 0. The van der Waals surface area contributed by atoms with E-state index in [1.54, 1.807) is 12.1 Å². The first-order valence-corrected chi connectivity index (χ1v) is 5.86. The van der Waals surface area contributed by atoms with Crippen LogP contribution in [0.1, 0.15) is 15.9 Å². The summed E-state index contributed by atoms with van der Waals surface area (Å²) >= 11 is 0. The van der Waals surface area contributed by atoms with Crippen LogP contribution in [0.15, 0.2) is 24.3 Å². The van der Waals surface area contributed by atoms with Gasteiger partial charge >= 0.3 is 5.97 Å². The molecular weight excluding hydrogens is 216 g/mol. The van der Waals surface area contributed by atoms with Crippen LogP contribution in [0.3, 0.4) is 0 Å². The highest BCUT2D eigenvalue weighted by Gasteiger charge is 2.14. The highest BCUT2D eigenvalue weighted by Crippen LogP contribution is 2.09. The van der Waals surface area contributed by atoms with Crippen LogP contribution in [0.4, 0.5) is 0 Å². The third-order valence-corrected chi connectivity index (χ3v) is 3.19. The van der Waals surface area contributed by atoms with E-state index in [0.717, 1.165) is 38.3 Å². The van der Waals surface area contributed by atoms with Crippen molar-refractivity contribution >= 4 is 5.97 Å². The van der Waals surface area contributed by atoms with Crippen molar-refractivity contribution in [3.05, 3.63) is 35.4 Å². The molecule has 17 heavy (non-hydrogen) atoms. The molecule has 0 spiro atoms. The van der Waals surface area contributed by atoms with Gasteiger partial charge in [0.1, 0.15) is 0 Å². The SMILES string of the molecule is CN1CCN(Cc2ccc(C([O])=O)cc2)CC1. The predicted octanol–water partition coefficient (Wildman–Crippen LogP) is 1.00. The quantitative estimate of drug-likeness (QED) is 0.782. The molecule has 0 aliphatic carbocycles. The number of carbonyl (C=O) groups is 1. The van der Waals surface area contributed by atoms with E-state index in [9.17, 15) is 9.90 Å². The van der Waals surface area contributed by atoms with Crippen molar-refractivity contribution in [2.45, 2.75) is 6.54 Å². The van der Waals surface area contributed by atoms with Gasteiger partial charge in [-0.1, -0.05) is 12.1 Å². The van der Waals surface area contributed by atoms with Crippen molar-refractivity contribution in [3.8, 4) is 0 Å². The Kier molecular flexibility index (Phi) is 3.76. The molecule has 1 aromatic rings. The second kappa shape index (κ2) is 5.29. The smallest absolute Gasteiger partial charge is 0.304 e. The van der Waals surface area contributed by atoms with Crippen molar-refractivity contribution in [3.63, 3.8) is 0 Å². The van der Waals surface area contributed by atoms with E-state index in [1.165, 1.54) is 0 Å². The Labute approximate surface area is 101 Å². The summed E-state index contributed by atoms with van der Waals surface area (Å²) in [4.78, 5) is 15.3. The van der Waals surface area contributed by atoms with Crippen LogP contribution in [0, 0.1) is 0 Å². The summed E-state index contributed by atoms with van der Waals surface area (Å²) in [5.41, 5.74) is 1.40. The normalized spacial score (nSPS) is 18.2. The molecule has 0 bridgehead atoms. The zero-order chi connectivity index (χ0) is 12.3. The summed E-state index contributed by atoms with van der Waals surface area (Å²) in [6, 6.07) is 6.95. The van der Waals surface area contributed by atoms with Crippen LogP contribution in [-0.4, -0.2) is 49.0 Å². The minimum absolute atomic E-state index is 0.243. The molecule has 0 N–H and O–H groups in total. The fourth-order valence-electron chi connectivity index (χ4n) is 2.01. The Morgan fingerprint density at radius 2 is 1.71 bits per heavy atom. The first-order chi connectivity index (χ1) is 8.15. The van der Waals surface area contributed by atoms with Crippen molar-refractivity contribution in [1.82, 2.24) is 9.80 Å². The van der Waals surface area contributed by atoms with Gasteiger partial charge in [-0.25, -0.2) is 9.90 Å². The molecular formula is C13H17N2O2. The Bertz CT molecular complexity index is 381. The molecule has 0 amide bonds. The maximum atomic E-state index is 10.6. The highest BCUT2D eigenvalue weighted by atomic mass is 16.4. The van der Waals surface area contributed by atoms with Crippen LogP contribution < -0.4 is 0 Å². The van der Waals surface area contributed by atoms with Gasteiger partial charge in [-0.05, 0) is 24.7 Å². The zero-order valence-corrected chi connectivity index (χ0v) is 10.1. The predicted molar refractivity (Wildman–Crippen MR) is 64.2 cm³/mol. The summed E-state index contributed by atoms with van der Waals surface area (Å²) in [6.07, 6.45) is 0. The molecule has 1 aliphatic heterocycles.